The molecule has 0 aromatic heterocycles. The maximum atomic E-state index is 13.4. The van der Waals surface area contributed by atoms with Crippen LogP contribution in [0.15, 0.2) is 60.7 Å². The van der Waals surface area contributed by atoms with Crippen molar-refractivity contribution in [2.24, 2.45) is 0 Å². The number of nitrogens with zero attached hydrogens (tertiary/aromatic N) is 1. The fraction of sp³-hybridized carbons (Fsp3) is 0.154. The fourth-order valence-electron chi connectivity index (χ4n) is 3.66. The molecule has 0 unspecified atom stereocenters. The van der Waals surface area contributed by atoms with Crippen molar-refractivity contribution in [3.63, 3.8) is 0 Å². The summed E-state index contributed by atoms with van der Waals surface area (Å²) in [5.41, 5.74) is 3.04. The van der Waals surface area contributed by atoms with E-state index in [1.165, 1.54) is 19.1 Å². The van der Waals surface area contributed by atoms with Gasteiger partial charge in [-0.3, -0.25) is 14.5 Å². The minimum atomic E-state index is -0.534. The molecule has 0 radical (unpaired) electrons. The van der Waals surface area contributed by atoms with E-state index in [9.17, 15) is 9.59 Å². The molecule has 0 spiro atoms. The molecule has 0 saturated heterocycles. The molecule has 0 saturated carbocycles. The number of fused-ring (bicyclic) bond motifs is 1. The van der Waals surface area contributed by atoms with Gasteiger partial charge in [0.15, 0.2) is 11.5 Å². The average molecular weight is 498 g/mol. The summed E-state index contributed by atoms with van der Waals surface area (Å²) in [5, 5.41) is 0.784. The van der Waals surface area contributed by atoms with Crippen molar-refractivity contribution in [2.45, 2.75) is 6.61 Å². The van der Waals surface area contributed by atoms with Crippen LogP contribution in [0.2, 0.25) is 10.0 Å². The van der Waals surface area contributed by atoms with Gasteiger partial charge in [-0.25, -0.2) is 0 Å². The van der Waals surface area contributed by atoms with Gasteiger partial charge in [0.25, 0.3) is 5.91 Å². The van der Waals surface area contributed by atoms with E-state index in [0.717, 1.165) is 5.56 Å². The fourth-order valence-corrected chi connectivity index (χ4v) is 3.96. The number of anilines is 1. The van der Waals surface area contributed by atoms with E-state index in [-0.39, 0.29) is 19.1 Å². The Balaban J connectivity index is 1.67. The number of hydrogen-bond acceptors (Lipinski definition) is 5. The molecule has 3 aromatic carbocycles. The van der Waals surface area contributed by atoms with Crippen LogP contribution < -0.4 is 14.4 Å². The molecule has 1 aliphatic heterocycles. The topological polar surface area (TPSA) is 65.1 Å². The highest BCUT2D eigenvalue weighted by atomic mass is 35.5. The van der Waals surface area contributed by atoms with Gasteiger partial charge < -0.3 is 14.2 Å². The molecular weight excluding hydrogens is 477 g/mol. The van der Waals surface area contributed by atoms with Crippen molar-refractivity contribution in [1.29, 1.82) is 0 Å². The zero-order valence-corrected chi connectivity index (χ0v) is 20.0. The summed E-state index contributed by atoms with van der Waals surface area (Å²) < 4.78 is 16.2. The number of amides is 1. The first-order valence-corrected chi connectivity index (χ1v) is 11.1. The summed E-state index contributed by atoms with van der Waals surface area (Å²) in [6.07, 6.45) is 1.70. The molecule has 174 valence electrons. The lowest BCUT2D eigenvalue weighted by atomic mass is 10.0. The second-order valence-electron chi connectivity index (χ2n) is 7.49. The molecule has 0 bridgehead atoms. The second-order valence-corrected chi connectivity index (χ2v) is 8.31. The molecule has 0 aliphatic carbocycles. The summed E-state index contributed by atoms with van der Waals surface area (Å²) in [6.45, 7) is -0.140. The highest BCUT2D eigenvalue weighted by Crippen LogP contribution is 2.44. The van der Waals surface area contributed by atoms with Gasteiger partial charge in [0.1, 0.15) is 13.2 Å². The van der Waals surface area contributed by atoms with Crippen molar-refractivity contribution in [2.75, 3.05) is 25.7 Å². The van der Waals surface area contributed by atoms with Crippen LogP contribution in [0, 0.1) is 0 Å². The number of benzene rings is 3. The third kappa shape index (κ3) is 4.88. The van der Waals surface area contributed by atoms with Crippen LogP contribution in [0.25, 0.3) is 11.6 Å². The normalized spacial score (nSPS) is 13.7. The van der Waals surface area contributed by atoms with Crippen molar-refractivity contribution in [3.8, 4) is 11.5 Å². The van der Waals surface area contributed by atoms with Crippen LogP contribution in [0.5, 0.6) is 11.5 Å². The molecular formula is C26H21Cl2NO5. The highest BCUT2D eigenvalue weighted by Gasteiger charge is 2.35. The van der Waals surface area contributed by atoms with Crippen molar-refractivity contribution in [3.05, 3.63) is 87.4 Å². The van der Waals surface area contributed by atoms with E-state index in [1.807, 2.05) is 30.3 Å². The number of rotatable bonds is 7. The predicted octanol–water partition coefficient (Wildman–Crippen LogP) is 5.64. The van der Waals surface area contributed by atoms with E-state index in [2.05, 4.69) is 0 Å². The lowest BCUT2D eigenvalue weighted by Gasteiger charge is -2.17. The molecule has 34 heavy (non-hydrogen) atoms. The Hall–Kier alpha value is -3.48. The molecule has 1 heterocycles. The maximum absolute atomic E-state index is 13.4. The number of carbonyl (C=O) groups excluding carboxylic acids is 2. The first-order valence-electron chi connectivity index (χ1n) is 10.4. The predicted molar refractivity (Wildman–Crippen MR) is 132 cm³/mol. The van der Waals surface area contributed by atoms with E-state index < -0.39 is 5.97 Å². The second kappa shape index (κ2) is 10.2. The molecule has 0 N–H and O–H groups in total. The minimum Gasteiger partial charge on any atom is -0.493 e. The largest absolute Gasteiger partial charge is 0.493 e. The van der Waals surface area contributed by atoms with Gasteiger partial charge in [0, 0.05) is 17.2 Å². The Labute approximate surface area is 207 Å². The van der Waals surface area contributed by atoms with Gasteiger partial charge in [-0.2, -0.15) is 0 Å². The molecule has 3 aromatic rings. The van der Waals surface area contributed by atoms with Gasteiger partial charge in [0.2, 0.25) is 0 Å². The smallest absolute Gasteiger partial charge is 0.326 e. The molecule has 0 fully saturated rings. The lowest BCUT2D eigenvalue weighted by molar-refractivity contribution is -0.143. The Morgan fingerprint density at radius 2 is 1.65 bits per heavy atom. The van der Waals surface area contributed by atoms with Gasteiger partial charge in [0.05, 0.1) is 30.0 Å². The van der Waals surface area contributed by atoms with Gasteiger partial charge in [-0.05, 0) is 35.4 Å². The first kappa shape index (κ1) is 23.7. The SMILES string of the molecule is COc1cc2c(cc1OC)N(CC(=O)OCc1ccccc1)C(=O)/C2=C/c1ccc(Cl)c(Cl)c1. The number of halogens is 2. The highest BCUT2D eigenvalue weighted by molar-refractivity contribution is 6.42. The maximum Gasteiger partial charge on any atom is 0.326 e. The summed E-state index contributed by atoms with van der Waals surface area (Å²) in [5.74, 6) is 0.0110. The van der Waals surface area contributed by atoms with Crippen LogP contribution in [0.1, 0.15) is 16.7 Å². The van der Waals surface area contributed by atoms with E-state index in [0.29, 0.717) is 43.9 Å². The molecule has 6 nitrogen and oxygen atoms in total. The summed E-state index contributed by atoms with van der Waals surface area (Å²) in [6, 6.07) is 17.8. The summed E-state index contributed by atoms with van der Waals surface area (Å²) in [4.78, 5) is 27.4. The molecule has 1 amide bonds. The summed E-state index contributed by atoms with van der Waals surface area (Å²) >= 11 is 12.2. The monoisotopic (exact) mass is 497 g/mol. The molecule has 1 aliphatic rings. The zero-order valence-electron chi connectivity index (χ0n) is 18.5. The van der Waals surface area contributed by atoms with Gasteiger partial charge in [-0.1, -0.05) is 59.6 Å². The Morgan fingerprint density at radius 1 is 0.941 bits per heavy atom. The Kier molecular flexibility index (Phi) is 7.10. The van der Waals surface area contributed by atoms with Crippen LogP contribution in [0.3, 0.4) is 0 Å². The number of hydrogen-bond donors (Lipinski definition) is 0. The quantitative estimate of drug-likeness (QED) is 0.312. The van der Waals surface area contributed by atoms with Crippen LogP contribution in [-0.2, 0) is 20.9 Å². The van der Waals surface area contributed by atoms with E-state index >= 15 is 0 Å². The number of methoxy groups -OCH3 is 2. The zero-order chi connectivity index (χ0) is 24.2. The standard InChI is InChI=1S/C26H21Cl2NO5/c1-32-23-12-18-19(10-17-8-9-20(27)21(28)11-17)26(31)29(22(18)13-24(23)33-2)14-25(30)34-15-16-6-4-3-5-7-16/h3-13H,14-15H2,1-2H3/b19-10+. The van der Waals surface area contributed by atoms with Crippen molar-refractivity contribution >= 4 is 52.4 Å². The van der Waals surface area contributed by atoms with Gasteiger partial charge >= 0.3 is 5.97 Å². The molecule has 0 atom stereocenters. The van der Waals surface area contributed by atoms with E-state index in [1.54, 1.807) is 36.4 Å². The summed E-state index contributed by atoms with van der Waals surface area (Å²) in [7, 11) is 3.02. The van der Waals surface area contributed by atoms with Crippen molar-refractivity contribution < 1.29 is 23.8 Å². The molecule has 4 rings (SSSR count). The molecule has 8 heteroatoms. The number of ether oxygens (including phenoxy) is 3. The minimum absolute atomic E-state index is 0.118. The Morgan fingerprint density at radius 3 is 2.32 bits per heavy atom. The Bertz CT molecular complexity index is 1270. The van der Waals surface area contributed by atoms with Crippen LogP contribution in [-0.4, -0.2) is 32.6 Å². The van der Waals surface area contributed by atoms with Gasteiger partial charge in [-0.15, -0.1) is 0 Å². The number of carbonyl (C=O) groups is 2. The van der Waals surface area contributed by atoms with Crippen LogP contribution >= 0.6 is 23.2 Å². The average Bonchev–Trinajstić information content (AvgIpc) is 3.09. The van der Waals surface area contributed by atoms with Crippen LogP contribution in [0.4, 0.5) is 5.69 Å². The number of esters is 1. The van der Waals surface area contributed by atoms with Crippen molar-refractivity contribution in [1.82, 2.24) is 0 Å². The third-order valence-corrected chi connectivity index (χ3v) is 6.08. The lowest BCUT2D eigenvalue weighted by Crippen LogP contribution is -2.33. The van der Waals surface area contributed by atoms with E-state index in [4.69, 9.17) is 37.4 Å². The first-order chi connectivity index (χ1) is 16.4. The third-order valence-electron chi connectivity index (χ3n) is 5.34.